The lowest BCUT2D eigenvalue weighted by Gasteiger charge is -2.13. The largest absolute Gasteiger partial charge is 0.495 e. The average molecular weight is 357 g/mol. The van der Waals surface area contributed by atoms with E-state index in [0.717, 1.165) is 16.9 Å². The Morgan fingerprint density at radius 1 is 1.24 bits per heavy atom. The number of ether oxygens (including phenoxy) is 1. The molecule has 0 spiro atoms. The van der Waals surface area contributed by atoms with Crippen LogP contribution in [-0.2, 0) is 6.54 Å². The molecule has 2 aromatic heterocycles. The Kier molecular flexibility index (Phi) is 5.25. The summed E-state index contributed by atoms with van der Waals surface area (Å²) in [7, 11) is 1.59. The molecule has 0 radical (unpaired) electrons. The molecule has 0 aliphatic rings. The van der Waals surface area contributed by atoms with Crippen molar-refractivity contribution < 1.29 is 4.74 Å². The lowest BCUT2D eigenvalue weighted by atomic mass is 10.2. The van der Waals surface area contributed by atoms with Crippen LogP contribution in [0.3, 0.4) is 0 Å². The summed E-state index contributed by atoms with van der Waals surface area (Å²) in [6.45, 7) is 2.43. The Bertz CT molecular complexity index is 859. The Morgan fingerprint density at radius 3 is 2.88 bits per heavy atom. The van der Waals surface area contributed by atoms with Gasteiger partial charge in [-0.3, -0.25) is 4.98 Å². The summed E-state index contributed by atoms with van der Waals surface area (Å²) in [6.07, 6.45) is 3.28. The number of rotatable bonds is 6. The van der Waals surface area contributed by atoms with Crippen molar-refractivity contribution in [2.75, 3.05) is 17.7 Å². The summed E-state index contributed by atoms with van der Waals surface area (Å²) in [5, 5.41) is 14.9. The highest BCUT2D eigenvalue weighted by molar-refractivity contribution is 6.31. The number of methoxy groups -OCH3 is 1. The highest BCUT2D eigenvalue weighted by Gasteiger charge is 2.09. The summed E-state index contributed by atoms with van der Waals surface area (Å²) in [5.74, 6) is 1.57. The van der Waals surface area contributed by atoms with Crippen molar-refractivity contribution >= 4 is 29.1 Å². The predicted molar refractivity (Wildman–Crippen MR) is 97.4 cm³/mol. The molecule has 0 saturated carbocycles. The van der Waals surface area contributed by atoms with E-state index < -0.39 is 0 Å². The van der Waals surface area contributed by atoms with E-state index in [2.05, 4.69) is 30.8 Å². The maximum absolute atomic E-state index is 6.13. The molecule has 0 aliphatic heterocycles. The summed E-state index contributed by atoms with van der Waals surface area (Å²) >= 11 is 6.13. The molecule has 8 heteroatoms. The zero-order valence-corrected chi connectivity index (χ0v) is 14.6. The van der Waals surface area contributed by atoms with E-state index in [1.165, 1.54) is 6.20 Å². The van der Waals surface area contributed by atoms with Crippen LogP contribution in [-0.4, -0.2) is 27.3 Å². The van der Waals surface area contributed by atoms with Crippen molar-refractivity contribution in [2.24, 2.45) is 0 Å². The third kappa shape index (κ3) is 4.33. The van der Waals surface area contributed by atoms with E-state index in [1.807, 2.05) is 31.2 Å². The Morgan fingerprint density at radius 2 is 2.12 bits per heavy atom. The first kappa shape index (κ1) is 16.9. The van der Waals surface area contributed by atoms with Crippen molar-refractivity contribution in [3.63, 3.8) is 0 Å². The topological polar surface area (TPSA) is 84.9 Å². The second kappa shape index (κ2) is 7.76. The van der Waals surface area contributed by atoms with E-state index in [0.29, 0.717) is 29.1 Å². The number of benzene rings is 1. The van der Waals surface area contributed by atoms with E-state index in [1.54, 1.807) is 19.4 Å². The molecular formula is C17H17ClN6O. The first-order valence-corrected chi connectivity index (χ1v) is 7.98. The van der Waals surface area contributed by atoms with E-state index in [-0.39, 0.29) is 0 Å². The number of anilines is 3. The zero-order chi connectivity index (χ0) is 17.6. The van der Waals surface area contributed by atoms with Crippen LogP contribution < -0.4 is 15.4 Å². The molecule has 3 aromatic rings. The van der Waals surface area contributed by atoms with Gasteiger partial charge in [0.2, 0.25) is 5.95 Å². The fourth-order valence-corrected chi connectivity index (χ4v) is 2.33. The van der Waals surface area contributed by atoms with Gasteiger partial charge in [0.1, 0.15) is 5.75 Å². The molecule has 0 fully saturated rings. The predicted octanol–water partition coefficient (Wildman–Crippen LogP) is 3.59. The van der Waals surface area contributed by atoms with E-state index in [4.69, 9.17) is 16.3 Å². The lowest BCUT2D eigenvalue weighted by molar-refractivity contribution is 0.416. The second-order valence-electron chi connectivity index (χ2n) is 5.27. The van der Waals surface area contributed by atoms with Gasteiger partial charge in [0, 0.05) is 17.3 Å². The zero-order valence-electron chi connectivity index (χ0n) is 13.8. The van der Waals surface area contributed by atoms with Crippen molar-refractivity contribution in [3.8, 4) is 5.75 Å². The molecular weight excluding hydrogens is 340 g/mol. The number of hydrogen-bond acceptors (Lipinski definition) is 7. The van der Waals surface area contributed by atoms with Gasteiger partial charge in [0.15, 0.2) is 5.82 Å². The van der Waals surface area contributed by atoms with Crippen LogP contribution >= 0.6 is 11.6 Å². The first-order chi connectivity index (χ1) is 12.2. The molecule has 0 unspecified atom stereocenters. The van der Waals surface area contributed by atoms with Gasteiger partial charge >= 0.3 is 0 Å². The molecule has 128 valence electrons. The monoisotopic (exact) mass is 356 g/mol. The van der Waals surface area contributed by atoms with E-state index >= 15 is 0 Å². The summed E-state index contributed by atoms with van der Waals surface area (Å²) in [4.78, 5) is 8.64. The minimum Gasteiger partial charge on any atom is -0.495 e. The van der Waals surface area contributed by atoms with Crippen molar-refractivity contribution in [1.82, 2.24) is 20.2 Å². The Hall–Kier alpha value is -2.93. The molecule has 0 aliphatic carbocycles. The smallest absolute Gasteiger partial charge is 0.245 e. The van der Waals surface area contributed by atoms with Crippen LogP contribution in [0.1, 0.15) is 11.3 Å². The van der Waals surface area contributed by atoms with Crippen LogP contribution in [0.4, 0.5) is 17.5 Å². The van der Waals surface area contributed by atoms with Gasteiger partial charge in [0.25, 0.3) is 0 Å². The molecule has 0 saturated heterocycles. The average Bonchev–Trinajstić information content (AvgIpc) is 2.64. The van der Waals surface area contributed by atoms with Crippen LogP contribution in [0.15, 0.2) is 42.7 Å². The minimum absolute atomic E-state index is 0.403. The SMILES string of the molecule is COc1cc(Cl)c(C)cc1Nc1cnnc(NCc2ccccn2)n1. The van der Waals surface area contributed by atoms with Crippen LogP contribution in [0, 0.1) is 6.92 Å². The molecule has 2 N–H and O–H groups in total. The quantitative estimate of drug-likeness (QED) is 0.698. The van der Waals surface area contributed by atoms with Gasteiger partial charge in [0.05, 0.1) is 31.2 Å². The normalized spacial score (nSPS) is 10.4. The lowest BCUT2D eigenvalue weighted by Crippen LogP contribution is -2.07. The first-order valence-electron chi connectivity index (χ1n) is 7.60. The number of nitrogens with one attached hydrogen (secondary N) is 2. The maximum atomic E-state index is 6.13. The van der Waals surface area contributed by atoms with Gasteiger partial charge in [-0.05, 0) is 30.7 Å². The van der Waals surface area contributed by atoms with Crippen molar-refractivity contribution in [3.05, 3.63) is 59.0 Å². The number of hydrogen-bond donors (Lipinski definition) is 2. The molecule has 0 amide bonds. The molecule has 25 heavy (non-hydrogen) atoms. The Labute approximate surface area is 150 Å². The van der Waals surface area contributed by atoms with E-state index in [9.17, 15) is 0 Å². The molecule has 0 atom stereocenters. The third-order valence-electron chi connectivity index (χ3n) is 3.46. The van der Waals surface area contributed by atoms with Gasteiger partial charge in [-0.25, -0.2) is 0 Å². The van der Waals surface area contributed by atoms with Crippen molar-refractivity contribution in [2.45, 2.75) is 13.5 Å². The maximum Gasteiger partial charge on any atom is 0.245 e. The molecule has 2 heterocycles. The number of pyridine rings is 1. The highest BCUT2D eigenvalue weighted by atomic mass is 35.5. The summed E-state index contributed by atoms with van der Waals surface area (Å²) in [5.41, 5.74) is 2.57. The van der Waals surface area contributed by atoms with Gasteiger partial charge in [-0.1, -0.05) is 17.7 Å². The molecule has 3 rings (SSSR count). The molecule has 1 aromatic carbocycles. The fourth-order valence-electron chi connectivity index (χ4n) is 2.18. The highest BCUT2D eigenvalue weighted by Crippen LogP contribution is 2.32. The standard InChI is InChI=1S/C17H17ClN6O/c1-11-7-14(15(25-2)8-13(11)18)22-16-10-21-24-17(23-16)20-9-12-5-3-4-6-19-12/h3-8,10H,9H2,1-2H3,(H2,20,22,23,24). The Balaban J connectivity index is 1.75. The second-order valence-corrected chi connectivity index (χ2v) is 5.67. The number of aryl methyl sites for hydroxylation is 1. The van der Waals surface area contributed by atoms with Gasteiger partial charge in [-0.15, -0.1) is 5.10 Å². The molecule has 7 nitrogen and oxygen atoms in total. The number of aromatic nitrogens is 4. The van der Waals surface area contributed by atoms with Gasteiger partial charge in [-0.2, -0.15) is 10.1 Å². The third-order valence-corrected chi connectivity index (χ3v) is 3.86. The number of halogens is 1. The van der Waals surface area contributed by atoms with Crippen LogP contribution in [0.5, 0.6) is 5.75 Å². The fraction of sp³-hybridized carbons (Fsp3) is 0.176. The summed E-state index contributed by atoms with van der Waals surface area (Å²) < 4.78 is 5.35. The number of nitrogens with zero attached hydrogens (tertiary/aromatic N) is 4. The van der Waals surface area contributed by atoms with Crippen LogP contribution in [0.25, 0.3) is 0 Å². The van der Waals surface area contributed by atoms with Crippen LogP contribution in [0.2, 0.25) is 5.02 Å². The van der Waals surface area contributed by atoms with Gasteiger partial charge < -0.3 is 15.4 Å². The summed E-state index contributed by atoms with van der Waals surface area (Å²) in [6, 6.07) is 9.37. The molecule has 0 bridgehead atoms. The van der Waals surface area contributed by atoms with Crippen molar-refractivity contribution in [1.29, 1.82) is 0 Å². The minimum atomic E-state index is 0.403.